The first-order chi connectivity index (χ1) is 6.29. The molecule has 0 spiro atoms. The highest BCUT2D eigenvalue weighted by molar-refractivity contribution is 7.69. The van der Waals surface area contributed by atoms with Crippen LogP contribution in [-0.2, 0) is 0 Å². The van der Waals surface area contributed by atoms with Crippen LogP contribution in [0.4, 0.5) is 0 Å². The van der Waals surface area contributed by atoms with E-state index in [0.29, 0.717) is 13.2 Å². The Bertz CT molecular complexity index is 142. The lowest BCUT2D eigenvalue weighted by Crippen LogP contribution is -2.45. The minimum absolute atomic E-state index is 0.364. The molecule has 0 aromatic heterocycles. The Morgan fingerprint density at radius 2 is 1.69 bits per heavy atom. The van der Waals surface area contributed by atoms with Gasteiger partial charge in [0.15, 0.2) is 0 Å². The van der Waals surface area contributed by atoms with Crippen LogP contribution in [0.2, 0.25) is 0 Å². The van der Waals surface area contributed by atoms with Crippen LogP contribution in [0.25, 0.3) is 0 Å². The van der Waals surface area contributed by atoms with Gasteiger partial charge >= 0.3 is 0 Å². The largest absolute Gasteiger partial charge is 0.293 e. The third-order valence-corrected chi connectivity index (χ3v) is 5.45. The molecule has 13 heavy (non-hydrogen) atoms. The van der Waals surface area contributed by atoms with Crippen molar-refractivity contribution in [2.24, 2.45) is 0 Å². The van der Waals surface area contributed by atoms with Gasteiger partial charge in [0.1, 0.15) is 0 Å². The molecule has 3 heteroatoms. The summed E-state index contributed by atoms with van der Waals surface area (Å²) in [5.41, 5.74) is 0. The fourth-order valence-corrected chi connectivity index (χ4v) is 4.34. The van der Waals surface area contributed by atoms with E-state index in [1.165, 1.54) is 32.1 Å². The molecule has 1 fully saturated rings. The monoisotopic (exact) mass is 221 g/mol. The highest BCUT2D eigenvalue weighted by Crippen LogP contribution is 2.48. The van der Waals surface area contributed by atoms with Gasteiger partial charge in [-0.1, -0.05) is 44.4 Å². The standard InChI is InChI=1S/C10H21ClNP/c1-3-12(4-2)10(13-11)8-6-5-7-9-10/h13H,3-9H2,1-2H3. The van der Waals surface area contributed by atoms with Gasteiger partial charge in [-0.3, -0.25) is 4.90 Å². The van der Waals surface area contributed by atoms with Gasteiger partial charge in [-0.15, -0.1) is 0 Å². The summed E-state index contributed by atoms with van der Waals surface area (Å²) in [5.74, 6) is 0. The molecule has 78 valence electrons. The highest BCUT2D eigenvalue weighted by Gasteiger charge is 2.35. The molecule has 1 unspecified atom stereocenters. The maximum atomic E-state index is 6.18. The van der Waals surface area contributed by atoms with Crippen LogP contribution < -0.4 is 0 Å². The SMILES string of the molecule is CCN(CC)C1(PCl)CCCCC1. The van der Waals surface area contributed by atoms with Crippen LogP contribution in [0, 0.1) is 0 Å². The van der Waals surface area contributed by atoms with Crippen LogP contribution >= 0.6 is 19.2 Å². The van der Waals surface area contributed by atoms with Crippen LogP contribution in [0.3, 0.4) is 0 Å². The highest BCUT2D eigenvalue weighted by atomic mass is 35.7. The van der Waals surface area contributed by atoms with E-state index < -0.39 is 0 Å². The Morgan fingerprint density at radius 3 is 2.08 bits per heavy atom. The predicted octanol–water partition coefficient (Wildman–Crippen LogP) is 3.82. The fourth-order valence-electron chi connectivity index (χ4n) is 2.44. The molecule has 1 atom stereocenters. The molecule has 0 N–H and O–H groups in total. The van der Waals surface area contributed by atoms with Crippen molar-refractivity contribution in [3.63, 3.8) is 0 Å². The van der Waals surface area contributed by atoms with E-state index in [0.717, 1.165) is 13.1 Å². The lowest BCUT2D eigenvalue weighted by Gasteiger charge is -2.44. The van der Waals surface area contributed by atoms with Gasteiger partial charge in [-0.05, 0) is 33.9 Å². The van der Waals surface area contributed by atoms with E-state index in [2.05, 4.69) is 18.7 Å². The molecule has 1 nitrogen and oxygen atoms in total. The zero-order chi connectivity index (χ0) is 9.73. The van der Waals surface area contributed by atoms with Crippen LogP contribution in [-0.4, -0.2) is 23.3 Å². The summed E-state index contributed by atoms with van der Waals surface area (Å²) >= 11 is 6.18. The molecular weight excluding hydrogens is 201 g/mol. The quantitative estimate of drug-likeness (QED) is 0.653. The lowest BCUT2D eigenvalue weighted by atomic mass is 9.93. The van der Waals surface area contributed by atoms with Gasteiger partial charge in [0.25, 0.3) is 0 Å². The van der Waals surface area contributed by atoms with E-state index in [4.69, 9.17) is 11.2 Å². The van der Waals surface area contributed by atoms with Crippen molar-refractivity contribution in [1.29, 1.82) is 0 Å². The molecule has 0 amide bonds. The normalized spacial score (nSPS) is 23.1. The van der Waals surface area contributed by atoms with Gasteiger partial charge < -0.3 is 0 Å². The van der Waals surface area contributed by atoms with Gasteiger partial charge in [-0.25, -0.2) is 0 Å². The fraction of sp³-hybridized carbons (Fsp3) is 1.00. The summed E-state index contributed by atoms with van der Waals surface area (Å²) in [7, 11) is 0.569. The molecule has 0 aliphatic heterocycles. The number of hydrogen-bond donors (Lipinski definition) is 0. The van der Waals surface area contributed by atoms with E-state index in [1.54, 1.807) is 0 Å². The van der Waals surface area contributed by atoms with Gasteiger partial charge in [-0.2, -0.15) is 0 Å². The number of nitrogens with zero attached hydrogens (tertiary/aromatic N) is 1. The Hall–Kier alpha value is 0.680. The van der Waals surface area contributed by atoms with Crippen LogP contribution in [0.1, 0.15) is 46.0 Å². The molecule has 1 aliphatic rings. The van der Waals surface area contributed by atoms with Crippen molar-refractivity contribution >= 4 is 19.2 Å². The smallest absolute Gasteiger partial charge is 0.0520 e. The molecule has 1 rings (SSSR count). The van der Waals surface area contributed by atoms with E-state index in [-0.39, 0.29) is 0 Å². The van der Waals surface area contributed by atoms with Crippen molar-refractivity contribution < 1.29 is 0 Å². The van der Waals surface area contributed by atoms with E-state index in [9.17, 15) is 0 Å². The van der Waals surface area contributed by atoms with E-state index >= 15 is 0 Å². The van der Waals surface area contributed by atoms with Crippen molar-refractivity contribution in [1.82, 2.24) is 4.90 Å². The molecule has 1 aliphatic carbocycles. The second-order valence-corrected chi connectivity index (χ2v) is 5.55. The van der Waals surface area contributed by atoms with Gasteiger partial charge in [0, 0.05) is 0 Å². The minimum Gasteiger partial charge on any atom is -0.293 e. The summed E-state index contributed by atoms with van der Waals surface area (Å²) in [5, 5.41) is 0.364. The van der Waals surface area contributed by atoms with Gasteiger partial charge in [0.2, 0.25) is 0 Å². The summed E-state index contributed by atoms with van der Waals surface area (Å²) < 4.78 is 0. The van der Waals surface area contributed by atoms with Crippen molar-refractivity contribution in [2.75, 3.05) is 13.1 Å². The summed E-state index contributed by atoms with van der Waals surface area (Å²) in [4.78, 5) is 2.57. The van der Waals surface area contributed by atoms with Crippen LogP contribution in [0.15, 0.2) is 0 Å². The number of rotatable bonds is 4. The maximum Gasteiger partial charge on any atom is 0.0520 e. The Kier molecular flexibility index (Phi) is 5.00. The Morgan fingerprint density at radius 1 is 1.15 bits per heavy atom. The first-order valence-corrected chi connectivity index (χ1v) is 7.43. The van der Waals surface area contributed by atoms with Gasteiger partial charge in [0.05, 0.1) is 5.28 Å². The Labute approximate surface area is 88.8 Å². The average Bonchev–Trinajstić information content (AvgIpc) is 2.21. The first-order valence-electron chi connectivity index (χ1n) is 5.42. The molecule has 0 bridgehead atoms. The first kappa shape index (κ1) is 11.8. The zero-order valence-corrected chi connectivity index (χ0v) is 10.5. The van der Waals surface area contributed by atoms with Crippen molar-refractivity contribution in [2.45, 2.75) is 51.2 Å². The van der Waals surface area contributed by atoms with Crippen molar-refractivity contribution in [3.05, 3.63) is 0 Å². The second-order valence-electron chi connectivity index (χ2n) is 3.86. The lowest BCUT2D eigenvalue weighted by molar-refractivity contribution is 0.140. The predicted molar refractivity (Wildman–Crippen MR) is 62.9 cm³/mol. The zero-order valence-electron chi connectivity index (χ0n) is 8.77. The average molecular weight is 222 g/mol. The molecule has 0 radical (unpaired) electrons. The number of halogens is 1. The third kappa shape index (κ3) is 2.58. The van der Waals surface area contributed by atoms with E-state index in [1.807, 2.05) is 0 Å². The summed E-state index contributed by atoms with van der Waals surface area (Å²) in [6, 6.07) is 0. The molecular formula is C10H21ClNP. The molecule has 1 saturated carbocycles. The topological polar surface area (TPSA) is 3.24 Å². The molecule has 0 heterocycles. The second kappa shape index (κ2) is 5.53. The number of hydrogen-bond acceptors (Lipinski definition) is 1. The molecule has 0 aromatic carbocycles. The third-order valence-electron chi connectivity index (χ3n) is 3.23. The molecule has 0 saturated heterocycles. The summed E-state index contributed by atoms with van der Waals surface area (Å²) in [6.07, 6.45) is 6.78. The van der Waals surface area contributed by atoms with Crippen molar-refractivity contribution in [3.8, 4) is 0 Å². The van der Waals surface area contributed by atoms with Crippen LogP contribution in [0.5, 0.6) is 0 Å². The molecule has 0 aromatic rings. The summed E-state index contributed by atoms with van der Waals surface area (Å²) in [6.45, 7) is 6.79. The minimum atomic E-state index is 0.364. The Balaban J connectivity index is 2.64. The maximum absolute atomic E-state index is 6.18.